The Kier molecular flexibility index (Phi) is 6.73. The summed E-state index contributed by atoms with van der Waals surface area (Å²) in [5.74, 6) is 0.446. The van der Waals surface area contributed by atoms with Gasteiger partial charge >= 0.3 is 0 Å². The van der Waals surface area contributed by atoms with Crippen LogP contribution in [0.2, 0.25) is 0 Å². The van der Waals surface area contributed by atoms with E-state index in [0.717, 1.165) is 58.9 Å². The van der Waals surface area contributed by atoms with Crippen LogP contribution in [0.5, 0.6) is 5.88 Å². The van der Waals surface area contributed by atoms with Crippen LogP contribution in [0.15, 0.2) is 6.07 Å². The van der Waals surface area contributed by atoms with E-state index in [9.17, 15) is 4.79 Å². The second-order valence-corrected chi connectivity index (χ2v) is 7.84. The number of carbonyl (C=O) groups is 1. The predicted molar refractivity (Wildman–Crippen MR) is 101 cm³/mol. The van der Waals surface area contributed by atoms with E-state index in [1.165, 1.54) is 0 Å². The van der Waals surface area contributed by atoms with Crippen LogP contribution >= 0.6 is 0 Å². The lowest BCUT2D eigenvalue weighted by Crippen LogP contribution is -2.50. The summed E-state index contributed by atoms with van der Waals surface area (Å²) < 4.78 is 18.3. The van der Waals surface area contributed by atoms with Gasteiger partial charge in [-0.2, -0.15) is 5.10 Å². The Bertz CT molecular complexity index is 619. The molecule has 0 spiro atoms. The lowest BCUT2D eigenvalue weighted by Gasteiger charge is -2.42. The Balaban J connectivity index is 1.61. The van der Waals surface area contributed by atoms with Crippen molar-refractivity contribution < 1.29 is 19.0 Å². The van der Waals surface area contributed by atoms with Gasteiger partial charge in [0, 0.05) is 57.9 Å². The maximum Gasteiger partial charge on any atom is 0.271 e. The highest BCUT2D eigenvalue weighted by Crippen LogP contribution is 2.31. The fraction of sp³-hybridized carbons (Fsp3) is 0.789. The molecule has 1 N–H and O–H groups in total. The van der Waals surface area contributed by atoms with Crippen molar-refractivity contribution in [3.05, 3.63) is 11.8 Å². The number of aryl methyl sites for hydroxylation is 1. The Morgan fingerprint density at radius 1 is 1.26 bits per heavy atom. The lowest BCUT2D eigenvalue weighted by molar-refractivity contribution is -0.0283. The van der Waals surface area contributed by atoms with Crippen LogP contribution in [-0.2, 0) is 16.5 Å². The molecule has 2 saturated heterocycles. The van der Waals surface area contributed by atoms with Crippen LogP contribution in [0, 0.1) is 5.41 Å². The highest BCUT2D eigenvalue weighted by Gasteiger charge is 2.35. The van der Waals surface area contributed by atoms with E-state index in [1.54, 1.807) is 17.8 Å². The standard InChI is InChI=1S/C19H32N4O4/c1-15(2)27-17-12-16(21-22(17)3)18(24)20-13-19(4-8-25-9-5-19)14-23-6-10-26-11-7-23/h12,15H,4-11,13-14H2,1-3H3,(H,20,24). The monoisotopic (exact) mass is 380 g/mol. The number of morpholine rings is 1. The second-order valence-electron chi connectivity index (χ2n) is 7.84. The first kappa shape index (κ1) is 20.1. The zero-order valence-corrected chi connectivity index (χ0v) is 16.7. The predicted octanol–water partition coefficient (Wildman–Crippen LogP) is 1.07. The topological polar surface area (TPSA) is 77.8 Å². The minimum Gasteiger partial charge on any atom is -0.475 e. The summed E-state index contributed by atoms with van der Waals surface area (Å²) in [5, 5.41) is 7.40. The van der Waals surface area contributed by atoms with Crippen LogP contribution in [-0.4, -0.2) is 79.3 Å². The molecule has 2 aliphatic rings. The SMILES string of the molecule is CC(C)Oc1cc(C(=O)NCC2(CN3CCOCC3)CCOCC2)nn1C. The van der Waals surface area contributed by atoms with Crippen molar-refractivity contribution in [2.75, 3.05) is 52.6 Å². The van der Waals surface area contributed by atoms with Crippen LogP contribution < -0.4 is 10.1 Å². The Labute approximate surface area is 161 Å². The number of hydrogen-bond acceptors (Lipinski definition) is 6. The molecule has 8 heteroatoms. The van der Waals surface area contributed by atoms with Gasteiger partial charge in [-0.3, -0.25) is 9.69 Å². The number of nitrogens with one attached hydrogen (secondary N) is 1. The van der Waals surface area contributed by atoms with E-state index in [0.29, 0.717) is 18.1 Å². The summed E-state index contributed by atoms with van der Waals surface area (Å²) in [6.45, 7) is 10.5. The van der Waals surface area contributed by atoms with Crippen molar-refractivity contribution in [2.45, 2.75) is 32.8 Å². The van der Waals surface area contributed by atoms with E-state index < -0.39 is 0 Å². The van der Waals surface area contributed by atoms with E-state index >= 15 is 0 Å². The third kappa shape index (κ3) is 5.43. The van der Waals surface area contributed by atoms with Crippen molar-refractivity contribution in [3.8, 4) is 5.88 Å². The summed E-state index contributed by atoms with van der Waals surface area (Å²) in [4.78, 5) is 15.1. The fourth-order valence-electron chi connectivity index (χ4n) is 3.70. The molecule has 2 fully saturated rings. The number of carbonyl (C=O) groups excluding carboxylic acids is 1. The number of rotatable bonds is 7. The van der Waals surface area contributed by atoms with Gasteiger partial charge in [-0.05, 0) is 26.7 Å². The molecule has 1 aromatic rings. The number of ether oxygens (including phenoxy) is 3. The second kappa shape index (κ2) is 9.03. The first-order valence-electron chi connectivity index (χ1n) is 9.84. The third-order valence-electron chi connectivity index (χ3n) is 5.27. The van der Waals surface area contributed by atoms with Gasteiger partial charge < -0.3 is 19.5 Å². The molecule has 2 aliphatic heterocycles. The smallest absolute Gasteiger partial charge is 0.271 e. The quantitative estimate of drug-likeness (QED) is 0.762. The van der Waals surface area contributed by atoms with Gasteiger partial charge in [-0.15, -0.1) is 0 Å². The molecule has 0 aromatic carbocycles. The van der Waals surface area contributed by atoms with Crippen molar-refractivity contribution in [1.82, 2.24) is 20.0 Å². The molecule has 0 aliphatic carbocycles. The third-order valence-corrected chi connectivity index (χ3v) is 5.27. The van der Waals surface area contributed by atoms with E-state index in [-0.39, 0.29) is 17.4 Å². The largest absolute Gasteiger partial charge is 0.475 e. The average molecular weight is 380 g/mol. The average Bonchev–Trinajstić information content (AvgIpc) is 3.01. The van der Waals surface area contributed by atoms with Crippen LogP contribution in [0.4, 0.5) is 0 Å². The van der Waals surface area contributed by atoms with Crippen molar-refractivity contribution in [2.24, 2.45) is 12.5 Å². The van der Waals surface area contributed by atoms with E-state index in [2.05, 4.69) is 15.3 Å². The number of aromatic nitrogens is 2. The number of amides is 1. The molecule has 27 heavy (non-hydrogen) atoms. The molecule has 152 valence electrons. The van der Waals surface area contributed by atoms with E-state index in [1.807, 2.05) is 13.8 Å². The Morgan fingerprint density at radius 3 is 2.59 bits per heavy atom. The minimum absolute atomic E-state index is 0.0374. The van der Waals surface area contributed by atoms with Crippen LogP contribution in [0.3, 0.4) is 0 Å². The molecule has 8 nitrogen and oxygen atoms in total. The Morgan fingerprint density at radius 2 is 1.93 bits per heavy atom. The molecule has 3 rings (SSSR count). The van der Waals surface area contributed by atoms with Gasteiger partial charge in [0.1, 0.15) is 0 Å². The minimum atomic E-state index is -0.156. The van der Waals surface area contributed by atoms with Gasteiger partial charge in [-0.25, -0.2) is 4.68 Å². The highest BCUT2D eigenvalue weighted by molar-refractivity contribution is 5.92. The normalized spacial score (nSPS) is 20.6. The maximum atomic E-state index is 12.7. The van der Waals surface area contributed by atoms with Crippen molar-refractivity contribution >= 4 is 5.91 Å². The molecule has 3 heterocycles. The zero-order valence-electron chi connectivity index (χ0n) is 16.7. The summed E-state index contributed by atoms with van der Waals surface area (Å²) >= 11 is 0. The fourth-order valence-corrected chi connectivity index (χ4v) is 3.70. The van der Waals surface area contributed by atoms with Crippen molar-refractivity contribution in [1.29, 1.82) is 0 Å². The first-order chi connectivity index (χ1) is 13.0. The molecule has 0 radical (unpaired) electrons. The molecular formula is C19H32N4O4. The van der Waals surface area contributed by atoms with Crippen LogP contribution in [0.25, 0.3) is 0 Å². The van der Waals surface area contributed by atoms with Gasteiger partial charge in [0.15, 0.2) is 5.69 Å². The van der Waals surface area contributed by atoms with Crippen LogP contribution in [0.1, 0.15) is 37.2 Å². The molecule has 1 aromatic heterocycles. The molecular weight excluding hydrogens is 348 g/mol. The molecule has 0 unspecified atom stereocenters. The zero-order chi connectivity index (χ0) is 19.3. The molecule has 0 bridgehead atoms. The summed E-state index contributed by atoms with van der Waals surface area (Å²) in [5.41, 5.74) is 0.429. The van der Waals surface area contributed by atoms with Gasteiger partial charge in [0.05, 0.1) is 19.3 Å². The Hall–Kier alpha value is -1.64. The number of hydrogen-bond donors (Lipinski definition) is 1. The van der Waals surface area contributed by atoms with Gasteiger partial charge in [-0.1, -0.05) is 0 Å². The summed E-state index contributed by atoms with van der Waals surface area (Å²) in [6, 6.07) is 1.70. The summed E-state index contributed by atoms with van der Waals surface area (Å²) in [7, 11) is 1.78. The number of nitrogens with zero attached hydrogens (tertiary/aromatic N) is 3. The first-order valence-corrected chi connectivity index (χ1v) is 9.84. The molecule has 0 atom stereocenters. The maximum absolute atomic E-state index is 12.7. The highest BCUT2D eigenvalue weighted by atomic mass is 16.5. The van der Waals surface area contributed by atoms with Gasteiger partial charge in [0.2, 0.25) is 5.88 Å². The van der Waals surface area contributed by atoms with E-state index in [4.69, 9.17) is 14.2 Å². The van der Waals surface area contributed by atoms with Gasteiger partial charge in [0.25, 0.3) is 5.91 Å². The summed E-state index contributed by atoms with van der Waals surface area (Å²) in [6.07, 6.45) is 1.94. The molecule has 1 amide bonds. The van der Waals surface area contributed by atoms with Crippen molar-refractivity contribution in [3.63, 3.8) is 0 Å². The molecule has 0 saturated carbocycles. The lowest BCUT2D eigenvalue weighted by atomic mass is 9.79.